The number of rotatable bonds is 4. The van der Waals surface area contributed by atoms with Crippen LogP contribution in [0.25, 0.3) is 0 Å². The molecule has 2 aromatic carbocycles. The second kappa shape index (κ2) is 6.84. The number of anilines is 4. The molecule has 3 aromatic rings. The Balaban J connectivity index is 1.76. The average Bonchev–Trinajstić information content (AvgIpc) is 2.94. The summed E-state index contributed by atoms with van der Waals surface area (Å²) < 4.78 is 5.43. The van der Waals surface area contributed by atoms with Crippen molar-refractivity contribution < 1.29 is 4.42 Å². The van der Waals surface area contributed by atoms with Crippen molar-refractivity contribution in [3.63, 3.8) is 0 Å². The monoisotopic (exact) mass is 388 g/mol. The van der Waals surface area contributed by atoms with Crippen molar-refractivity contribution in [2.45, 2.75) is 0 Å². The van der Waals surface area contributed by atoms with Crippen LogP contribution in [0.15, 0.2) is 40.8 Å². The molecular formula is C14H8Cl4N4O. The number of nitrogens with zero attached hydrogens (tertiary/aromatic N) is 2. The number of aromatic nitrogens is 2. The van der Waals surface area contributed by atoms with Gasteiger partial charge in [-0.3, -0.25) is 0 Å². The SMILES string of the molecule is Clc1ccc(Nc2nnc(Nc3c(Cl)cccc3Cl)o2)cc1Cl. The fourth-order valence-electron chi connectivity index (χ4n) is 1.75. The third kappa shape index (κ3) is 3.82. The standard InChI is InChI=1S/C14H8Cl4N4O/c15-8-5-4-7(6-11(8)18)19-13-21-22-14(23-13)20-12-9(16)2-1-3-10(12)17/h1-6H,(H,19,21)(H,20,22). The highest BCUT2D eigenvalue weighted by atomic mass is 35.5. The van der Waals surface area contributed by atoms with Gasteiger partial charge < -0.3 is 15.1 Å². The minimum absolute atomic E-state index is 0.141. The molecule has 0 radical (unpaired) electrons. The van der Waals surface area contributed by atoms with Crippen LogP contribution in [0.1, 0.15) is 0 Å². The summed E-state index contributed by atoms with van der Waals surface area (Å²) in [4.78, 5) is 0. The zero-order chi connectivity index (χ0) is 16.4. The molecule has 5 nitrogen and oxygen atoms in total. The van der Waals surface area contributed by atoms with Gasteiger partial charge in [-0.25, -0.2) is 0 Å². The van der Waals surface area contributed by atoms with Gasteiger partial charge in [0.2, 0.25) is 0 Å². The number of hydrogen-bond donors (Lipinski definition) is 2. The zero-order valence-electron chi connectivity index (χ0n) is 11.3. The van der Waals surface area contributed by atoms with E-state index >= 15 is 0 Å². The van der Waals surface area contributed by atoms with Gasteiger partial charge in [0.05, 0.1) is 25.8 Å². The predicted molar refractivity (Wildman–Crippen MR) is 93.8 cm³/mol. The summed E-state index contributed by atoms with van der Waals surface area (Å²) in [5.74, 6) is 0. The van der Waals surface area contributed by atoms with Gasteiger partial charge in [-0.1, -0.05) is 62.7 Å². The van der Waals surface area contributed by atoms with Gasteiger partial charge in [0, 0.05) is 5.69 Å². The van der Waals surface area contributed by atoms with Crippen molar-refractivity contribution in [1.29, 1.82) is 0 Å². The number of halogens is 4. The van der Waals surface area contributed by atoms with Gasteiger partial charge in [-0.15, -0.1) is 0 Å². The van der Waals surface area contributed by atoms with Gasteiger partial charge in [0.25, 0.3) is 0 Å². The Hall–Kier alpha value is -1.66. The molecule has 3 rings (SSSR count). The van der Waals surface area contributed by atoms with Gasteiger partial charge in [-0.05, 0) is 30.3 Å². The highest BCUT2D eigenvalue weighted by molar-refractivity contribution is 6.42. The maximum atomic E-state index is 6.07. The minimum Gasteiger partial charge on any atom is -0.389 e. The van der Waals surface area contributed by atoms with E-state index in [4.69, 9.17) is 50.8 Å². The second-order valence-corrected chi connectivity index (χ2v) is 6.02. The lowest BCUT2D eigenvalue weighted by atomic mass is 10.3. The number of hydrogen-bond acceptors (Lipinski definition) is 5. The summed E-state index contributed by atoms with van der Waals surface area (Å²) in [6.07, 6.45) is 0. The Labute approximate surface area is 151 Å². The van der Waals surface area contributed by atoms with Crippen LogP contribution >= 0.6 is 46.4 Å². The molecule has 2 N–H and O–H groups in total. The highest BCUT2D eigenvalue weighted by Gasteiger charge is 2.11. The van der Waals surface area contributed by atoms with Gasteiger partial charge in [-0.2, -0.15) is 0 Å². The molecule has 0 unspecified atom stereocenters. The van der Waals surface area contributed by atoms with E-state index < -0.39 is 0 Å². The molecule has 0 saturated carbocycles. The molecule has 23 heavy (non-hydrogen) atoms. The molecule has 118 valence electrons. The molecule has 1 aromatic heterocycles. The van der Waals surface area contributed by atoms with E-state index in [0.717, 1.165) is 0 Å². The van der Waals surface area contributed by atoms with Crippen molar-refractivity contribution in [3.8, 4) is 0 Å². The topological polar surface area (TPSA) is 63.0 Å². The third-order valence-corrected chi connectivity index (χ3v) is 4.16. The third-order valence-electron chi connectivity index (χ3n) is 2.79. The normalized spacial score (nSPS) is 10.6. The van der Waals surface area contributed by atoms with E-state index in [1.807, 2.05) is 0 Å². The molecule has 0 atom stereocenters. The van der Waals surface area contributed by atoms with E-state index in [-0.39, 0.29) is 12.0 Å². The van der Waals surface area contributed by atoms with Crippen molar-refractivity contribution in [2.75, 3.05) is 10.6 Å². The fraction of sp³-hybridized carbons (Fsp3) is 0. The smallest absolute Gasteiger partial charge is 0.321 e. The summed E-state index contributed by atoms with van der Waals surface area (Å²) in [6, 6.07) is 10.5. The summed E-state index contributed by atoms with van der Waals surface area (Å²) in [5.41, 5.74) is 1.14. The van der Waals surface area contributed by atoms with Gasteiger partial charge in [0.1, 0.15) is 0 Å². The molecule has 0 aliphatic heterocycles. The molecule has 0 bridgehead atoms. The van der Waals surface area contributed by atoms with Crippen LogP contribution < -0.4 is 10.6 Å². The Kier molecular flexibility index (Phi) is 4.82. The molecule has 0 aliphatic carbocycles. The maximum Gasteiger partial charge on any atom is 0.321 e. The average molecular weight is 390 g/mol. The van der Waals surface area contributed by atoms with Crippen LogP contribution in [0.4, 0.5) is 23.4 Å². The first-order valence-electron chi connectivity index (χ1n) is 6.29. The lowest BCUT2D eigenvalue weighted by Gasteiger charge is -2.06. The van der Waals surface area contributed by atoms with Crippen molar-refractivity contribution in [2.24, 2.45) is 0 Å². The van der Waals surface area contributed by atoms with Crippen molar-refractivity contribution in [1.82, 2.24) is 10.2 Å². The van der Waals surface area contributed by atoms with Crippen LogP contribution in [0.5, 0.6) is 0 Å². The Morgan fingerprint density at radius 2 is 1.39 bits per heavy atom. The van der Waals surface area contributed by atoms with E-state index in [1.165, 1.54) is 0 Å². The zero-order valence-corrected chi connectivity index (χ0v) is 14.3. The van der Waals surface area contributed by atoms with E-state index in [9.17, 15) is 0 Å². The quantitative estimate of drug-likeness (QED) is 0.558. The second-order valence-electron chi connectivity index (χ2n) is 4.39. The Morgan fingerprint density at radius 1 is 0.739 bits per heavy atom. The molecular weight excluding hydrogens is 382 g/mol. The first-order chi connectivity index (χ1) is 11.0. The molecule has 0 aliphatic rings. The van der Waals surface area contributed by atoms with Gasteiger partial charge in [0.15, 0.2) is 0 Å². The summed E-state index contributed by atoms with van der Waals surface area (Å²) in [6.45, 7) is 0. The highest BCUT2D eigenvalue weighted by Crippen LogP contribution is 2.33. The number of benzene rings is 2. The molecule has 0 spiro atoms. The lowest BCUT2D eigenvalue weighted by molar-refractivity contribution is 0.591. The van der Waals surface area contributed by atoms with Crippen LogP contribution in [0, 0.1) is 0 Å². The van der Waals surface area contributed by atoms with Crippen molar-refractivity contribution >= 4 is 69.8 Å². The Morgan fingerprint density at radius 3 is 2.04 bits per heavy atom. The van der Waals surface area contributed by atoms with Crippen LogP contribution in [-0.2, 0) is 0 Å². The fourth-order valence-corrected chi connectivity index (χ4v) is 2.54. The number of nitrogens with one attached hydrogen (secondary N) is 2. The largest absolute Gasteiger partial charge is 0.389 e. The van der Waals surface area contributed by atoms with Gasteiger partial charge >= 0.3 is 12.0 Å². The summed E-state index contributed by atoms with van der Waals surface area (Å²) in [7, 11) is 0. The molecule has 0 saturated heterocycles. The summed E-state index contributed by atoms with van der Waals surface area (Å²) in [5, 5.41) is 15.3. The van der Waals surface area contributed by atoms with E-state index in [0.29, 0.717) is 31.5 Å². The minimum atomic E-state index is 0.141. The van der Waals surface area contributed by atoms with Crippen LogP contribution in [0.3, 0.4) is 0 Å². The molecule has 0 fully saturated rings. The number of para-hydroxylation sites is 1. The van der Waals surface area contributed by atoms with Crippen molar-refractivity contribution in [3.05, 3.63) is 56.5 Å². The predicted octanol–water partition coefficient (Wildman–Crippen LogP) is 6.17. The molecule has 1 heterocycles. The van der Waals surface area contributed by atoms with E-state index in [2.05, 4.69) is 20.8 Å². The molecule has 0 amide bonds. The maximum absolute atomic E-state index is 6.07. The van der Waals surface area contributed by atoms with E-state index in [1.54, 1.807) is 36.4 Å². The van der Waals surface area contributed by atoms with Crippen LogP contribution in [-0.4, -0.2) is 10.2 Å². The summed E-state index contributed by atoms with van der Waals surface area (Å²) >= 11 is 23.9. The lowest BCUT2D eigenvalue weighted by Crippen LogP contribution is -1.92. The molecule has 9 heteroatoms. The first kappa shape index (κ1) is 16.2. The van der Waals surface area contributed by atoms with Crippen LogP contribution in [0.2, 0.25) is 20.1 Å². The Bertz CT molecular complexity index is 832. The first-order valence-corrected chi connectivity index (χ1v) is 7.81.